The van der Waals surface area contributed by atoms with Gasteiger partial charge in [0, 0.05) is 18.8 Å². The van der Waals surface area contributed by atoms with E-state index in [4.69, 9.17) is 4.74 Å². The SMILES string of the molecule is FC(F)COCCn1cncc1[C@@H]1CCCN1. The summed E-state index contributed by atoms with van der Waals surface area (Å²) in [5.41, 5.74) is 1.11. The molecule has 6 heteroatoms. The molecule has 0 saturated carbocycles. The lowest BCUT2D eigenvalue weighted by atomic mass is 10.2. The Morgan fingerprint density at radius 1 is 1.59 bits per heavy atom. The molecule has 0 unspecified atom stereocenters. The maximum Gasteiger partial charge on any atom is 0.261 e. The first-order valence-electron chi connectivity index (χ1n) is 5.86. The smallest absolute Gasteiger partial charge is 0.261 e. The van der Waals surface area contributed by atoms with Gasteiger partial charge in [-0.25, -0.2) is 13.8 Å². The Hall–Kier alpha value is -1.01. The van der Waals surface area contributed by atoms with Crippen LogP contribution in [-0.4, -0.2) is 35.7 Å². The third-order valence-corrected chi connectivity index (χ3v) is 2.88. The fraction of sp³-hybridized carbons (Fsp3) is 0.727. The highest BCUT2D eigenvalue weighted by Gasteiger charge is 2.19. The average Bonchev–Trinajstić information content (AvgIpc) is 2.94. The number of alkyl halides is 2. The van der Waals surface area contributed by atoms with Crippen molar-refractivity contribution >= 4 is 0 Å². The molecule has 0 aliphatic carbocycles. The minimum atomic E-state index is -2.39. The first-order chi connectivity index (χ1) is 8.27. The summed E-state index contributed by atoms with van der Waals surface area (Å²) in [6, 6.07) is 0.340. The lowest BCUT2D eigenvalue weighted by molar-refractivity contribution is 0.0145. The Morgan fingerprint density at radius 2 is 2.47 bits per heavy atom. The summed E-state index contributed by atoms with van der Waals surface area (Å²) in [5, 5.41) is 3.39. The quantitative estimate of drug-likeness (QED) is 0.774. The summed E-state index contributed by atoms with van der Waals surface area (Å²) in [6.45, 7) is 1.39. The average molecular weight is 245 g/mol. The van der Waals surface area contributed by atoms with Gasteiger partial charge in [-0.05, 0) is 19.4 Å². The zero-order valence-corrected chi connectivity index (χ0v) is 9.61. The summed E-state index contributed by atoms with van der Waals surface area (Å²) >= 11 is 0. The van der Waals surface area contributed by atoms with Gasteiger partial charge < -0.3 is 14.6 Å². The lowest BCUT2D eigenvalue weighted by Crippen LogP contribution is -2.18. The van der Waals surface area contributed by atoms with Crippen molar-refractivity contribution in [2.45, 2.75) is 31.9 Å². The standard InChI is InChI=1S/C11H17F2N3O/c12-11(13)7-17-5-4-16-8-14-6-10(16)9-2-1-3-15-9/h6,8-9,11,15H,1-5,7H2/t9-/m0/s1. The van der Waals surface area contributed by atoms with E-state index in [2.05, 4.69) is 10.3 Å². The minimum Gasteiger partial charge on any atom is -0.374 e. The number of aromatic nitrogens is 2. The Bertz CT molecular complexity index is 337. The molecule has 1 saturated heterocycles. The molecule has 0 radical (unpaired) electrons. The molecule has 1 aromatic rings. The molecule has 0 spiro atoms. The summed E-state index contributed by atoms with van der Waals surface area (Å²) in [4.78, 5) is 4.10. The lowest BCUT2D eigenvalue weighted by Gasteiger charge is -2.13. The second kappa shape index (κ2) is 6.07. The van der Waals surface area contributed by atoms with E-state index in [1.165, 1.54) is 0 Å². The zero-order valence-electron chi connectivity index (χ0n) is 9.61. The van der Waals surface area contributed by atoms with E-state index in [9.17, 15) is 8.78 Å². The van der Waals surface area contributed by atoms with Crippen molar-refractivity contribution in [3.8, 4) is 0 Å². The molecular weight excluding hydrogens is 228 g/mol. The van der Waals surface area contributed by atoms with E-state index in [0.29, 0.717) is 19.2 Å². The molecule has 1 atom stereocenters. The van der Waals surface area contributed by atoms with Gasteiger partial charge in [0.2, 0.25) is 0 Å². The van der Waals surface area contributed by atoms with E-state index in [0.717, 1.165) is 25.1 Å². The molecule has 1 aliphatic rings. The number of ether oxygens (including phenoxy) is 1. The Morgan fingerprint density at radius 3 is 3.18 bits per heavy atom. The van der Waals surface area contributed by atoms with Crippen LogP contribution >= 0.6 is 0 Å². The number of nitrogens with zero attached hydrogens (tertiary/aromatic N) is 2. The molecule has 1 N–H and O–H groups in total. The van der Waals surface area contributed by atoms with Gasteiger partial charge in [0.05, 0.1) is 18.6 Å². The van der Waals surface area contributed by atoms with Crippen LogP contribution in [0.2, 0.25) is 0 Å². The molecule has 2 rings (SSSR count). The molecule has 17 heavy (non-hydrogen) atoms. The number of hydrogen-bond acceptors (Lipinski definition) is 3. The first-order valence-corrected chi connectivity index (χ1v) is 5.86. The van der Waals surface area contributed by atoms with Crippen molar-refractivity contribution in [2.75, 3.05) is 19.8 Å². The fourth-order valence-corrected chi connectivity index (χ4v) is 2.08. The largest absolute Gasteiger partial charge is 0.374 e. The van der Waals surface area contributed by atoms with Crippen molar-refractivity contribution in [1.82, 2.24) is 14.9 Å². The van der Waals surface area contributed by atoms with Gasteiger partial charge in [-0.1, -0.05) is 0 Å². The summed E-state index contributed by atoms with van der Waals surface area (Å²) in [5.74, 6) is 0. The maximum absolute atomic E-state index is 11.9. The van der Waals surface area contributed by atoms with Gasteiger partial charge in [-0.2, -0.15) is 0 Å². The third kappa shape index (κ3) is 3.47. The van der Waals surface area contributed by atoms with Crippen LogP contribution < -0.4 is 5.32 Å². The molecular formula is C11H17F2N3O. The molecule has 1 aliphatic heterocycles. The predicted octanol–water partition coefficient (Wildman–Crippen LogP) is 1.59. The maximum atomic E-state index is 11.9. The molecule has 1 aromatic heterocycles. The molecule has 4 nitrogen and oxygen atoms in total. The molecule has 0 amide bonds. The first kappa shape index (κ1) is 12.4. The Kier molecular flexibility index (Phi) is 4.44. The van der Waals surface area contributed by atoms with E-state index >= 15 is 0 Å². The van der Waals surface area contributed by atoms with Crippen molar-refractivity contribution in [2.24, 2.45) is 0 Å². The number of nitrogens with one attached hydrogen (secondary N) is 1. The van der Waals surface area contributed by atoms with E-state index < -0.39 is 13.0 Å². The summed E-state index contributed by atoms with van der Waals surface area (Å²) in [7, 11) is 0. The van der Waals surface area contributed by atoms with Crippen LogP contribution in [-0.2, 0) is 11.3 Å². The van der Waals surface area contributed by atoms with Crippen LogP contribution in [0.3, 0.4) is 0 Å². The monoisotopic (exact) mass is 245 g/mol. The normalized spacial score (nSPS) is 20.3. The second-order valence-electron chi connectivity index (χ2n) is 4.13. The number of imidazole rings is 1. The van der Waals surface area contributed by atoms with Gasteiger partial charge in [0.15, 0.2) is 0 Å². The zero-order chi connectivity index (χ0) is 12.1. The van der Waals surface area contributed by atoms with Crippen molar-refractivity contribution in [1.29, 1.82) is 0 Å². The van der Waals surface area contributed by atoms with Crippen LogP contribution in [0.1, 0.15) is 24.6 Å². The molecule has 0 bridgehead atoms. The molecule has 2 heterocycles. The number of hydrogen-bond donors (Lipinski definition) is 1. The van der Waals surface area contributed by atoms with E-state index in [1.54, 1.807) is 6.33 Å². The highest BCUT2D eigenvalue weighted by atomic mass is 19.3. The van der Waals surface area contributed by atoms with Crippen molar-refractivity contribution in [3.05, 3.63) is 18.2 Å². The van der Waals surface area contributed by atoms with Crippen molar-refractivity contribution in [3.63, 3.8) is 0 Å². The highest BCUT2D eigenvalue weighted by molar-refractivity contribution is 5.07. The number of rotatable bonds is 6. The van der Waals surface area contributed by atoms with E-state index in [1.807, 2.05) is 10.8 Å². The number of halogens is 2. The van der Waals surface area contributed by atoms with Crippen LogP contribution in [0.25, 0.3) is 0 Å². The minimum absolute atomic E-state index is 0.292. The van der Waals surface area contributed by atoms with Gasteiger partial charge in [-0.3, -0.25) is 0 Å². The Balaban J connectivity index is 1.82. The second-order valence-corrected chi connectivity index (χ2v) is 4.13. The topological polar surface area (TPSA) is 39.1 Å². The van der Waals surface area contributed by atoms with Crippen molar-refractivity contribution < 1.29 is 13.5 Å². The third-order valence-electron chi connectivity index (χ3n) is 2.88. The predicted molar refractivity (Wildman–Crippen MR) is 59.0 cm³/mol. The summed E-state index contributed by atoms with van der Waals surface area (Å²) < 4.78 is 30.6. The molecule has 96 valence electrons. The van der Waals surface area contributed by atoms with Crippen LogP contribution in [0.5, 0.6) is 0 Å². The molecule has 0 aromatic carbocycles. The molecule has 1 fully saturated rings. The van der Waals surface area contributed by atoms with Crippen LogP contribution in [0.4, 0.5) is 8.78 Å². The van der Waals surface area contributed by atoms with Gasteiger partial charge in [-0.15, -0.1) is 0 Å². The van der Waals surface area contributed by atoms with Crippen LogP contribution in [0.15, 0.2) is 12.5 Å². The summed E-state index contributed by atoms with van der Waals surface area (Å²) in [6.07, 6.45) is 3.42. The van der Waals surface area contributed by atoms with Gasteiger partial charge in [0.1, 0.15) is 6.61 Å². The van der Waals surface area contributed by atoms with Crippen LogP contribution in [0, 0.1) is 0 Å². The fourth-order valence-electron chi connectivity index (χ4n) is 2.08. The van der Waals surface area contributed by atoms with E-state index in [-0.39, 0.29) is 0 Å². The Labute approximate surface area is 99.0 Å². The van der Waals surface area contributed by atoms with Gasteiger partial charge in [0.25, 0.3) is 6.43 Å². The highest BCUT2D eigenvalue weighted by Crippen LogP contribution is 2.22. The van der Waals surface area contributed by atoms with Gasteiger partial charge >= 0.3 is 0 Å².